The fourth-order valence-corrected chi connectivity index (χ4v) is 11.0. The number of benzene rings is 4. The third-order valence-corrected chi connectivity index (χ3v) is 14.6. The molecule has 3 aliphatic heterocycles. The van der Waals surface area contributed by atoms with Crippen LogP contribution >= 0.6 is 11.9 Å². The molecule has 2 saturated heterocycles. The van der Waals surface area contributed by atoms with Gasteiger partial charge in [0.05, 0.1) is 16.7 Å². The van der Waals surface area contributed by atoms with E-state index in [-0.39, 0.29) is 18.4 Å². The molecule has 3 fully saturated rings. The molecule has 1 saturated carbocycles. The molecule has 4 aliphatic rings. The number of piperazine rings is 1. The van der Waals surface area contributed by atoms with Gasteiger partial charge >= 0.3 is 0 Å². The first kappa shape index (κ1) is 42.6. The van der Waals surface area contributed by atoms with Crippen LogP contribution < -0.4 is 29.1 Å². The van der Waals surface area contributed by atoms with Crippen molar-refractivity contribution in [1.29, 1.82) is 0 Å². The lowest BCUT2D eigenvalue weighted by molar-refractivity contribution is -0.384. The lowest BCUT2D eigenvalue weighted by Gasteiger charge is -2.58. The number of pyridine rings is 1. The number of aromatic amines is 1. The van der Waals surface area contributed by atoms with Crippen LogP contribution in [0.15, 0.2) is 108 Å². The Hall–Kier alpha value is -6.29. The second kappa shape index (κ2) is 17.9. The number of anilines is 2. The molecule has 1 amide bonds. The number of ether oxygens (including phenoxy) is 3. The van der Waals surface area contributed by atoms with E-state index in [0.717, 1.165) is 92.3 Å². The number of rotatable bonds is 13. The maximum Gasteiger partial charge on any atom is 0.293 e. The Bertz CT molecular complexity index is 2730. The standard InChI is InChI=1S/C50H54N8O6S/c1-32(2)39-6-4-5-7-40(39)44-30-55(29-33-8-13-45-47(22-33)63-31-62-45)20-21-57(44)36-26-50(27-36)15-18-56(19-16-50)35-9-11-41(46(24-35)64-37-23-34-14-17-52-48(34)53-28-37)49(59)54-65-38-10-12-42(51-3)43(25-38)58(60)61/h4-14,17,22-25,28,32,36,44,51H,15-16,18-21,26-27,29-31H2,1-3H3,(H,52,53)(H,54,59). The normalized spacial score (nSPS) is 18.5. The summed E-state index contributed by atoms with van der Waals surface area (Å²) in [5.41, 5.74) is 6.86. The quantitative estimate of drug-likeness (QED) is 0.0575. The zero-order valence-corrected chi connectivity index (χ0v) is 37.7. The van der Waals surface area contributed by atoms with E-state index in [1.807, 2.05) is 36.5 Å². The molecule has 2 aromatic heterocycles. The monoisotopic (exact) mass is 894 g/mol. The van der Waals surface area contributed by atoms with Crippen LogP contribution in [0.5, 0.6) is 23.0 Å². The first-order valence-corrected chi connectivity index (χ1v) is 23.3. The molecule has 4 aromatic carbocycles. The Kier molecular flexibility index (Phi) is 11.8. The smallest absolute Gasteiger partial charge is 0.293 e. The van der Waals surface area contributed by atoms with Gasteiger partial charge in [-0.25, -0.2) is 4.98 Å². The minimum Gasteiger partial charge on any atom is -0.455 e. The summed E-state index contributed by atoms with van der Waals surface area (Å²) in [5.74, 6) is 2.64. The van der Waals surface area contributed by atoms with E-state index in [1.165, 1.54) is 35.6 Å². The van der Waals surface area contributed by atoms with Crippen LogP contribution in [0, 0.1) is 15.5 Å². The number of aromatic nitrogens is 2. The van der Waals surface area contributed by atoms with Crippen molar-refractivity contribution in [3.8, 4) is 23.0 Å². The average molecular weight is 895 g/mol. The zero-order valence-electron chi connectivity index (χ0n) is 36.9. The zero-order chi connectivity index (χ0) is 44.7. The SMILES string of the molecule is CNc1ccc(SNC(=O)c2ccc(N3CCC4(CC3)CC(N3CCN(Cc5ccc6c(c5)OCO6)CC3c3ccccc3C(C)C)C4)cc2Oc2cnc3[nH]ccc3c2)cc1[N+](=O)[O-]. The summed E-state index contributed by atoms with van der Waals surface area (Å²) in [6.07, 6.45) is 8.07. The Balaban J connectivity index is 0.829. The third kappa shape index (κ3) is 8.79. The second-order valence-electron chi connectivity index (χ2n) is 18.1. The van der Waals surface area contributed by atoms with Gasteiger partial charge in [0.25, 0.3) is 11.6 Å². The number of nitro groups is 1. The molecular weight excluding hydrogens is 841 g/mol. The maximum absolute atomic E-state index is 13.8. The predicted octanol–water partition coefficient (Wildman–Crippen LogP) is 9.90. The van der Waals surface area contributed by atoms with E-state index < -0.39 is 4.92 Å². The molecule has 10 rings (SSSR count). The van der Waals surface area contributed by atoms with Crippen molar-refractivity contribution in [1.82, 2.24) is 24.5 Å². The highest BCUT2D eigenvalue weighted by Crippen LogP contribution is 2.53. The van der Waals surface area contributed by atoms with Gasteiger partial charge in [0.15, 0.2) is 11.5 Å². The van der Waals surface area contributed by atoms with Gasteiger partial charge in [-0.05, 0) is 114 Å². The van der Waals surface area contributed by atoms with E-state index in [1.54, 1.807) is 31.4 Å². The molecule has 65 heavy (non-hydrogen) atoms. The number of hydrogen-bond acceptors (Lipinski definition) is 12. The van der Waals surface area contributed by atoms with E-state index in [2.05, 4.69) is 85.0 Å². The largest absolute Gasteiger partial charge is 0.455 e. The number of piperidine rings is 1. The van der Waals surface area contributed by atoms with Crippen LogP contribution in [0.25, 0.3) is 11.0 Å². The molecular formula is C50H54N8O6S. The minimum absolute atomic E-state index is 0.0714. The molecule has 1 atom stereocenters. The summed E-state index contributed by atoms with van der Waals surface area (Å²) < 4.78 is 20.6. The number of nitro benzene ring substituents is 1. The molecule has 0 radical (unpaired) electrons. The van der Waals surface area contributed by atoms with Gasteiger partial charge in [0, 0.05) is 92.7 Å². The lowest BCUT2D eigenvalue weighted by Crippen LogP contribution is -2.60. The molecule has 1 aliphatic carbocycles. The van der Waals surface area contributed by atoms with Gasteiger partial charge in [0.2, 0.25) is 6.79 Å². The van der Waals surface area contributed by atoms with Gasteiger partial charge in [-0.15, -0.1) is 0 Å². The summed E-state index contributed by atoms with van der Waals surface area (Å²) in [5, 5.41) is 15.4. The molecule has 15 heteroatoms. The third-order valence-electron chi connectivity index (χ3n) is 13.8. The van der Waals surface area contributed by atoms with Crippen molar-refractivity contribution in [2.45, 2.75) is 69.0 Å². The van der Waals surface area contributed by atoms with Crippen LogP contribution in [-0.2, 0) is 6.54 Å². The van der Waals surface area contributed by atoms with Crippen LogP contribution in [0.2, 0.25) is 0 Å². The molecule has 3 N–H and O–H groups in total. The van der Waals surface area contributed by atoms with Crippen LogP contribution in [0.4, 0.5) is 17.1 Å². The van der Waals surface area contributed by atoms with Crippen molar-refractivity contribution in [3.63, 3.8) is 0 Å². The minimum atomic E-state index is -0.445. The van der Waals surface area contributed by atoms with Gasteiger partial charge in [0.1, 0.15) is 22.8 Å². The highest BCUT2D eigenvalue weighted by Gasteiger charge is 2.50. The van der Waals surface area contributed by atoms with Crippen molar-refractivity contribution in [2.75, 3.05) is 56.8 Å². The van der Waals surface area contributed by atoms with Crippen molar-refractivity contribution in [3.05, 3.63) is 136 Å². The molecule has 1 spiro atoms. The Morgan fingerprint density at radius 1 is 0.985 bits per heavy atom. The topological polar surface area (TPSA) is 150 Å². The summed E-state index contributed by atoms with van der Waals surface area (Å²) in [6.45, 7) is 10.6. The number of hydrogen-bond donors (Lipinski definition) is 3. The van der Waals surface area contributed by atoms with E-state index in [0.29, 0.717) is 51.1 Å². The van der Waals surface area contributed by atoms with Crippen LogP contribution in [0.1, 0.15) is 78.5 Å². The van der Waals surface area contributed by atoms with Gasteiger partial charge < -0.3 is 29.4 Å². The highest BCUT2D eigenvalue weighted by atomic mass is 32.2. The average Bonchev–Trinajstić information content (AvgIpc) is 3.99. The Morgan fingerprint density at radius 3 is 2.63 bits per heavy atom. The molecule has 6 aromatic rings. The number of H-pyrrole nitrogens is 1. The summed E-state index contributed by atoms with van der Waals surface area (Å²) in [4.78, 5) is 41.1. The number of nitrogens with one attached hydrogen (secondary N) is 3. The van der Waals surface area contributed by atoms with Gasteiger partial charge in [-0.1, -0.05) is 44.2 Å². The van der Waals surface area contributed by atoms with Crippen LogP contribution in [0.3, 0.4) is 0 Å². The van der Waals surface area contributed by atoms with E-state index in [9.17, 15) is 14.9 Å². The first-order chi connectivity index (χ1) is 31.6. The number of amides is 1. The number of nitrogens with zero attached hydrogens (tertiary/aromatic N) is 5. The Labute approximate surface area is 382 Å². The van der Waals surface area contributed by atoms with Crippen molar-refractivity contribution < 1.29 is 23.9 Å². The number of carbonyl (C=O) groups excluding carboxylic acids is 1. The summed E-state index contributed by atoms with van der Waals surface area (Å²) in [6, 6.07) is 30.6. The number of fused-ring (bicyclic) bond motifs is 2. The predicted molar refractivity (Wildman–Crippen MR) is 253 cm³/mol. The molecule has 5 heterocycles. The fraction of sp³-hybridized carbons (Fsp3) is 0.360. The van der Waals surface area contributed by atoms with E-state index >= 15 is 0 Å². The summed E-state index contributed by atoms with van der Waals surface area (Å²) in [7, 11) is 1.63. The van der Waals surface area contributed by atoms with Crippen molar-refractivity contribution >= 4 is 46.0 Å². The van der Waals surface area contributed by atoms with Gasteiger partial charge in [-0.2, -0.15) is 0 Å². The van der Waals surface area contributed by atoms with E-state index in [4.69, 9.17) is 14.2 Å². The molecule has 14 nitrogen and oxygen atoms in total. The lowest BCUT2D eigenvalue weighted by atomic mass is 9.59. The highest BCUT2D eigenvalue weighted by molar-refractivity contribution is 7.98. The fourth-order valence-electron chi connectivity index (χ4n) is 10.4. The van der Waals surface area contributed by atoms with Crippen LogP contribution in [-0.4, -0.2) is 83.2 Å². The maximum atomic E-state index is 13.8. The summed E-state index contributed by atoms with van der Waals surface area (Å²) >= 11 is 1.02. The second-order valence-corrected chi connectivity index (χ2v) is 19.0. The number of carbonyl (C=O) groups is 1. The van der Waals surface area contributed by atoms with Gasteiger partial charge in [-0.3, -0.25) is 29.4 Å². The molecule has 1 unspecified atom stereocenters. The Morgan fingerprint density at radius 2 is 1.82 bits per heavy atom. The molecule has 0 bridgehead atoms. The van der Waals surface area contributed by atoms with Crippen molar-refractivity contribution in [2.24, 2.45) is 5.41 Å². The first-order valence-electron chi connectivity index (χ1n) is 22.5. The molecule has 336 valence electrons.